The SMILES string of the molecule is CC(C)CC(=O)Nc1nc(-c2ccc3c(c2)OCO3)cs1. The van der Waals surface area contributed by atoms with Gasteiger partial charge in [-0.2, -0.15) is 0 Å². The molecule has 0 unspecified atom stereocenters. The molecule has 2 heterocycles. The van der Waals surface area contributed by atoms with Gasteiger partial charge in [0.15, 0.2) is 16.6 Å². The number of ether oxygens (including phenoxy) is 2. The number of benzene rings is 1. The van der Waals surface area contributed by atoms with Crippen LogP contribution in [0.4, 0.5) is 5.13 Å². The average molecular weight is 304 g/mol. The normalized spacial score (nSPS) is 12.7. The molecule has 0 saturated carbocycles. The van der Waals surface area contributed by atoms with Crippen LogP contribution in [0.1, 0.15) is 20.3 Å². The lowest BCUT2D eigenvalue weighted by Crippen LogP contribution is -2.13. The van der Waals surface area contributed by atoms with E-state index in [-0.39, 0.29) is 12.7 Å². The van der Waals surface area contributed by atoms with Crippen molar-refractivity contribution in [3.63, 3.8) is 0 Å². The van der Waals surface area contributed by atoms with Crippen LogP contribution in [0.5, 0.6) is 11.5 Å². The summed E-state index contributed by atoms with van der Waals surface area (Å²) >= 11 is 1.42. The van der Waals surface area contributed by atoms with Gasteiger partial charge in [0.25, 0.3) is 0 Å². The fraction of sp³-hybridized carbons (Fsp3) is 0.333. The Morgan fingerprint density at radius 2 is 2.19 bits per heavy atom. The van der Waals surface area contributed by atoms with E-state index in [4.69, 9.17) is 9.47 Å². The Bertz CT molecular complexity index is 667. The Morgan fingerprint density at radius 3 is 3.00 bits per heavy atom. The molecule has 0 fully saturated rings. The van der Waals surface area contributed by atoms with Crippen LogP contribution < -0.4 is 14.8 Å². The average Bonchev–Trinajstić information content (AvgIpc) is 3.04. The minimum atomic E-state index is -0.00316. The van der Waals surface area contributed by atoms with E-state index in [0.29, 0.717) is 17.5 Å². The molecule has 2 aromatic rings. The maximum absolute atomic E-state index is 11.7. The summed E-state index contributed by atoms with van der Waals surface area (Å²) in [6.07, 6.45) is 0.499. The topological polar surface area (TPSA) is 60.5 Å². The Balaban J connectivity index is 1.74. The summed E-state index contributed by atoms with van der Waals surface area (Å²) in [5.41, 5.74) is 1.76. The first-order chi connectivity index (χ1) is 10.1. The Labute approximate surface area is 126 Å². The molecule has 21 heavy (non-hydrogen) atoms. The fourth-order valence-corrected chi connectivity index (χ4v) is 2.80. The van der Waals surface area contributed by atoms with Gasteiger partial charge in [0.05, 0.1) is 5.69 Å². The Hall–Kier alpha value is -2.08. The summed E-state index contributed by atoms with van der Waals surface area (Å²) in [6, 6.07) is 5.70. The van der Waals surface area contributed by atoms with Crippen LogP contribution in [0.2, 0.25) is 0 Å². The van der Waals surface area contributed by atoms with Crippen LogP contribution in [-0.2, 0) is 4.79 Å². The van der Waals surface area contributed by atoms with Crippen molar-refractivity contribution in [3.8, 4) is 22.8 Å². The zero-order valence-corrected chi connectivity index (χ0v) is 12.7. The molecule has 0 aliphatic carbocycles. The first-order valence-corrected chi connectivity index (χ1v) is 7.65. The number of amides is 1. The van der Waals surface area contributed by atoms with Crippen LogP contribution in [-0.4, -0.2) is 17.7 Å². The predicted octanol–water partition coefficient (Wildman–Crippen LogP) is 3.52. The van der Waals surface area contributed by atoms with Gasteiger partial charge in [0.2, 0.25) is 12.7 Å². The number of fused-ring (bicyclic) bond motifs is 1. The lowest BCUT2D eigenvalue weighted by Gasteiger charge is -2.03. The second-order valence-corrected chi connectivity index (χ2v) is 6.11. The summed E-state index contributed by atoms with van der Waals surface area (Å²) in [4.78, 5) is 16.2. The van der Waals surface area contributed by atoms with E-state index >= 15 is 0 Å². The third-order valence-electron chi connectivity index (χ3n) is 3.01. The molecule has 0 saturated heterocycles. The molecule has 1 aromatic carbocycles. The largest absolute Gasteiger partial charge is 0.454 e. The number of hydrogen-bond acceptors (Lipinski definition) is 5. The number of rotatable bonds is 4. The van der Waals surface area contributed by atoms with Crippen LogP contribution in [0.25, 0.3) is 11.3 Å². The van der Waals surface area contributed by atoms with Crippen molar-refractivity contribution < 1.29 is 14.3 Å². The van der Waals surface area contributed by atoms with Crippen LogP contribution in [0.3, 0.4) is 0 Å². The Kier molecular flexibility index (Phi) is 3.79. The molecule has 0 atom stereocenters. The van der Waals surface area contributed by atoms with Crippen molar-refractivity contribution in [2.75, 3.05) is 12.1 Å². The summed E-state index contributed by atoms with van der Waals surface area (Å²) in [6.45, 7) is 4.28. The van der Waals surface area contributed by atoms with Crippen molar-refractivity contribution in [3.05, 3.63) is 23.6 Å². The number of carbonyl (C=O) groups is 1. The number of anilines is 1. The standard InChI is InChI=1S/C15H16N2O3S/c1-9(2)5-14(18)17-15-16-11(7-21-15)10-3-4-12-13(6-10)20-8-19-12/h3-4,6-7,9H,5,8H2,1-2H3,(H,16,17,18). The number of hydrogen-bond donors (Lipinski definition) is 1. The third kappa shape index (κ3) is 3.16. The van der Waals surface area contributed by atoms with Gasteiger partial charge >= 0.3 is 0 Å². The number of carbonyl (C=O) groups excluding carboxylic acids is 1. The number of nitrogens with zero attached hydrogens (tertiary/aromatic N) is 1. The van der Waals surface area contributed by atoms with E-state index in [0.717, 1.165) is 22.8 Å². The van der Waals surface area contributed by atoms with Gasteiger partial charge in [-0.1, -0.05) is 13.8 Å². The van der Waals surface area contributed by atoms with Crippen LogP contribution >= 0.6 is 11.3 Å². The fourth-order valence-electron chi connectivity index (χ4n) is 2.06. The smallest absolute Gasteiger partial charge is 0.231 e. The van der Waals surface area contributed by atoms with Crippen LogP contribution in [0, 0.1) is 5.92 Å². The zero-order chi connectivity index (χ0) is 14.8. The maximum Gasteiger partial charge on any atom is 0.231 e. The minimum absolute atomic E-state index is 0.00316. The summed E-state index contributed by atoms with van der Waals surface area (Å²) in [5.74, 6) is 1.81. The van der Waals surface area contributed by atoms with E-state index in [1.165, 1.54) is 11.3 Å². The highest BCUT2D eigenvalue weighted by atomic mass is 32.1. The van der Waals surface area contributed by atoms with Gasteiger partial charge in [-0.15, -0.1) is 11.3 Å². The highest BCUT2D eigenvalue weighted by Crippen LogP contribution is 2.36. The zero-order valence-electron chi connectivity index (χ0n) is 11.9. The number of thiazole rings is 1. The lowest BCUT2D eigenvalue weighted by atomic mass is 10.1. The van der Waals surface area contributed by atoms with Gasteiger partial charge in [-0.05, 0) is 24.1 Å². The molecule has 1 N–H and O–H groups in total. The van der Waals surface area contributed by atoms with Crippen molar-refractivity contribution in [1.82, 2.24) is 4.98 Å². The highest BCUT2D eigenvalue weighted by molar-refractivity contribution is 7.14. The molecule has 0 radical (unpaired) electrons. The molecular formula is C15H16N2O3S. The quantitative estimate of drug-likeness (QED) is 0.938. The molecular weight excluding hydrogens is 288 g/mol. The maximum atomic E-state index is 11.7. The van der Waals surface area contributed by atoms with E-state index in [1.807, 2.05) is 37.4 Å². The second kappa shape index (κ2) is 5.73. The minimum Gasteiger partial charge on any atom is -0.454 e. The predicted molar refractivity (Wildman–Crippen MR) is 81.8 cm³/mol. The molecule has 1 amide bonds. The molecule has 110 valence electrons. The van der Waals surface area contributed by atoms with E-state index in [2.05, 4.69) is 10.3 Å². The molecule has 5 nitrogen and oxygen atoms in total. The molecule has 1 aliphatic rings. The van der Waals surface area contributed by atoms with Gasteiger partial charge in [0, 0.05) is 17.4 Å². The van der Waals surface area contributed by atoms with Crippen molar-refractivity contribution in [2.45, 2.75) is 20.3 Å². The first-order valence-electron chi connectivity index (χ1n) is 6.77. The number of aromatic nitrogens is 1. The monoisotopic (exact) mass is 304 g/mol. The summed E-state index contributed by atoms with van der Waals surface area (Å²) in [5, 5.41) is 5.37. The van der Waals surface area contributed by atoms with Gasteiger partial charge in [0.1, 0.15) is 0 Å². The molecule has 1 aliphatic heterocycles. The van der Waals surface area contributed by atoms with Gasteiger partial charge in [-0.3, -0.25) is 4.79 Å². The lowest BCUT2D eigenvalue weighted by molar-refractivity contribution is -0.116. The van der Waals surface area contributed by atoms with Gasteiger partial charge < -0.3 is 14.8 Å². The van der Waals surface area contributed by atoms with Crippen molar-refractivity contribution in [1.29, 1.82) is 0 Å². The Morgan fingerprint density at radius 1 is 1.38 bits per heavy atom. The molecule has 0 bridgehead atoms. The summed E-state index contributed by atoms with van der Waals surface area (Å²) < 4.78 is 10.6. The molecule has 1 aromatic heterocycles. The molecule has 6 heteroatoms. The van der Waals surface area contributed by atoms with E-state index in [9.17, 15) is 4.79 Å². The molecule has 0 spiro atoms. The second-order valence-electron chi connectivity index (χ2n) is 5.25. The first kappa shape index (κ1) is 13.9. The van der Waals surface area contributed by atoms with Gasteiger partial charge in [-0.25, -0.2) is 4.98 Å². The molecule has 3 rings (SSSR count). The van der Waals surface area contributed by atoms with Crippen LogP contribution in [0.15, 0.2) is 23.6 Å². The highest BCUT2D eigenvalue weighted by Gasteiger charge is 2.15. The van der Waals surface area contributed by atoms with Crippen molar-refractivity contribution in [2.24, 2.45) is 5.92 Å². The van der Waals surface area contributed by atoms with Crippen molar-refractivity contribution >= 4 is 22.4 Å². The number of nitrogens with one attached hydrogen (secondary N) is 1. The van der Waals surface area contributed by atoms with E-state index < -0.39 is 0 Å². The summed E-state index contributed by atoms with van der Waals surface area (Å²) in [7, 11) is 0. The third-order valence-corrected chi connectivity index (χ3v) is 3.77. The van der Waals surface area contributed by atoms with E-state index in [1.54, 1.807) is 0 Å².